The number of aryl methyl sites for hydroxylation is 1. The summed E-state index contributed by atoms with van der Waals surface area (Å²) in [7, 11) is -3.56. The van der Waals surface area contributed by atoms with E-state index in [1.54, 1.807) is 6.07 Å². The lowest BCUT2D eigenvalue weighted by Crippen LogP contribution is -2.39. The summed E-state index contributed by atoms with van der Waals surface area (Å²) in [6.07, 6.45) is 6.06. The molecule has 2 rings (SSSR count). The van der Waals surface area contributed by atoms with Gasteiger partial charge in [-0.25, -0.2) is 8.42 Å². The van der Waals surface area contributed by atoms with Crippen molar-refractivity contribution in [3.63, 3.8) is 0 Å². The third kappa shape index (κ3) is 3.60. The van der Waals surface area contributed by atoms with Crippen LogP contribution in [0.3, 0.4) is 0 Å². The van der Waals surface area contributed by atoms with Gasteiger partial charge in [-0.15, -0.1) is 11.3 Å². The molecular formula is C14H20N2O2S2. The van der Waals surface area contributed by atoms with E-state index < -0.39 is 16.1 Å². The minimum atomic E-state index is -3.56. The van der Waals surface area contributed by atoms with Crippen molar-refractivity contribution in [2.45, 2.75) is 55.7 Å². The fraction of sp³-hybridized carbons (Fsp3) is 0.643. The Labute approximate surface area is 124 Å². The van der Waals surface area contributed by atoms with Crippen LogP contribution in [0.5, 0.6) is 0 Å². The Morgan fingerprint density at radius 2 is 2.10 bits per heavy atom. The average molecular weight is 312 g/mol. The van der Waals surface area contributed by atoms with Crippen LogP contribution in [0.25, 0.3) is 0 Å². The molecule has 1 aliphatic rings. The standard InChI is InChI=1S/C14H20N2O2S2/c1-2-12-8-9-14(19-12)20(17,18)16-13(10-15)11-6-4-3-5-7-11/h8-9,11,13,16H,2-7H2,1H3. The molecule has 0 bridgehead atoms. The molecule has 1 fully saturated rings. The van der Waals surface area contributed by atoms with Crippen LogP contribution in [0.1, 0.15) is 43.9 Å². The quantitative estimate of drug-likeness (QED) is 0.908. The van der Waals surface area contributed by atoms with E-state index in [9.17, 15) is 13.7 Å². The normalized spacial score (nSPS) is 18.6. The van der Waals surface area contributed by atoms with Crippen LogP contribution in [-0.2, 0) is 16.4 Å². The number of rotatable bonds is 5. The lowest BCUT2D eigenvalue weighted by molar-refractivity contribution is 0.324. The van der Waals surface area contributed by atoms with Crippen molar-refractivity contribution in [3.05, 3.63) is 17.0 Å². The number of nitrogens with one attached hydrogen (secondary N) is 1. The van der Waals surface area contributed by atoms with Crippen LogP contribution in [0.4, 0.5) is 0 Å². The summed E-state index contributed by atoms with van der Waals surface area (Å²) >= 11 is 1.28. The lowest BCUT2D eigenvalue weighted by atomic mass is 9.85. The predicted octanol–water partition coefficient (Wildman–Crippen LogP) is 3.06. The first-order chi connectivity index (χ1) is 9.56. The van der Waals surface area contributed by atoms with Crippen molar-refractivity contribution < 1.29 is 8.42 Å². The maximum atomic E-state index is 12.3. The van der Waals surface area contributed by atoms with E-state index in [-0.39, 0.29) is 5.92 Å². The molecule has 0 saturated heterocycles. The van der Waals surface area contributed by atoms with Gasteiger partial charge < -0.3 is 0 Å². The maximum absolute atomic E-state index is 12.3. The Balaban J connectivity index is 2.11. The molecule has 1 N–H and O–H groups in total. The smallest absolute Gasteiger partial charge is 0.206 e. The molecule has 0 amide bonds. The maximum Gasteiger partial charge on any atom is 0.251 e. The van der Waals surface area contributed by atoms with Crippen LogP contribution >= 0.6 is 11.3 Å². The number of nitriles is 1. The molecule has 1 aromatic rings. The molecule has 6 heteroatoms. The van der Waals surface area contributed by atoms with Gasteiger partial charge in [0.1, 0.15) is 10.3 Å². The largest absolute Gasteiger partial charge is 0.251 e. The zero-order valence-electron chi connectivity index (χ0n) is 11.6. The Morgan fingerprint density at radius 3 is 2.65 bits per heavy atom. The summed E-state index contributed by atoms with van der Waals surface area (Å²) in [5.41, 5.74) is 0. The fourth-order valence-electron chi connectivity index (χ4n) is 2.61. The lowest BCUT2D eigenvalue weighted by Gasteiger charge is -2.25. The minimum Gasteiger partial charge on any atom is -0.206 e. The van der Waals surface area contributed by atoms with Gasteiger partial charge in [0.05, 0.1) is 6.07 Å². The molecule has 0 aliphatic heterocycles. The first kappa shape index (κ1) is 15.5. The monoisotopic (exact) mass is 312 g/mol. The summed E-state index contributed by atoms with van der Waals surface area (Å²) in [6.45, 7) is 2.00. The van der Waals surface area contributed by atoms with Gasteiger partial charge in [0, 0.05) is 4.88 Å². The molecule has 1 aromatic heterocycles. The molecule has 1 unspecified atom stereocenters. The van der Waals surface area contributed by atoms with Crippen LogP contribution in [0, 0.1) is 17.2 Å². The van der Waals surface area contributed by atoms with Gasteiger partial charge in [-0.3, -0.25) is 0 Å². The number of thiophene rings is 1. The molecule has 20 heavy (non-hydrogen) atoms. The topological polar surface area (TPSA) is 70.0 Å². The van der Waals surface area contributed by atoms with Gasteiger partial charge in [-0.05, 0) is 37.3 Å². The van der Waals surface area contributed by atoms with Crippen molar-refractivity contribution in [2.24, 2.45) is 5.92 Å². The van der Waals surface area contributed by atoms with Gasteiger partial charge in [0.2, 0.25) is 0 Å². The van der Waals surface area contributed by atoms with Gasteiger partial charge in [0.15, 0.2) is 0 Å². The first-order valence-corrected chi connectivity index (χ1v) is 9.37. The molecule has 1 heterocycles. The fourth-order valence-corrected chi connectivity index (χ4v) is 5.14. The third-order valence-corrected chi connectivity index (χ3v) is 6.96. The van der Waals surface area contributed by atoms with Crippen molar-refractivity contribution in [3.8, 4) is 6.07 Å². The van der Waals surface area contributed by atoms with Crippen LogP contribution in [0.15, 0.2) is 16.3 Å². The third-order valence-electron chi connectivity index (χ3n) is 3.79. The van der Waals surface area contributed by atoms with E-state index in [4.69, 9.17) is 0 Å². The van der Waals surface area contributed by atoms with Gasteiger partial charge in [0.25, 0.3) is 10.0 Å². The number of hydrogen-bond donors (Lipinski definition) is 1. The van der Waals surface area contributed by atoms with Crippen molar-refractivity contribution in [1.82, 2.24) is 4.72 Å². The molecule has 4 nitrogen and oxygen atoms in total. The average Bonchev–Trinajstić information content (AvgIpc) is 2.95. The second kappa shape index (κ2) is 6.70. The predicted molar refractivity (Wildman–Crippen MR) is 80.0 cm³/mol. The van der Waals surface area contributed by atoms with E-state index in [1.165, 1.54) is 17.8 Å². The van der Waals surface area contributed by atoms with Crippen molar-refractivity contribution >= 4 is 21.4 Å². The first-order valence-electron chi connectivity index (χ1n) is 7.07. The highest BCUT2D eigenvalue weighted by molar-refractivity contribution is 7.91. The summed E-state index contributed by atoms with van der Waals surface area (Å²) in [5, 5.41) is 9.27. The van der Waals surface area contributed by atoms with E-state index in [1.807, 2.05) is 13.0 Å². The molecule has 1 saturated carbocycles. The summed E-state index contributed by atoms with van der Waals surface area (Å²) in [5.74, 6) is 0.147. The zero-order chi connectivity index (χ0) is 14.6. The molecule has 0 spiro atoms. The van der Waals surface area contributed by atoms with Gasteiger partial charge >= 0.3 is 0 Å². The van der Waals surface area contributed by atoms with Crippen molar-refractivity contribution in [2.75, 3.05) is 0 Å². The Kier molecular flexibility index (Phi) is 5.19. The molecule has 1 atom stereocenters. The number of sulfonamides is 1. The Morgan fingerprint density at radius 1 is 1.40 bits per heavy atom. The van der Waals surface area contributed by atoms with E-state index >= 15 is 0 Å². The summed E-state index contributed by atoms with van der Waals surface area (Å²) in [6, 6.07) is 4.99. The number of nitrogens with zero attached hydrogens (tertiary/aromatic N) is 1. The van der Waals surface area contributed by atoms with Gasteiger partial charge in [-0.1, -0.05) is 26.2 Å². The van der Waals surface area contributed by atoms with Crippen LogP contribution in [-0.4, -0.2) is 14.5 Å². The SMILES string of the molecule is CCc1ccc(S(=O)(=O)NC(C#N)C2CCCCC2)s1. The van der Waals surface area contributed by atoms with Crippen LogP contribution < -0.4 is 4.72 Å². The molecular weight excluding hydrogens is 292 g/mol. The summed E-state index contributed by atoms with van der Waals surface area (Å²) < 4.78 is 27.5. The summed E-state index contributed by atoms with van der Waals surface area (Å²) in [4.78, 5) is 1.04. The van der Waals surface area contributed by atoms with E-state index in [0.717, 1.165) is 37.0 Å². The highest BCUT2D eigenvalue weighted by Gasteiger charge is 2.28. The Bertz CT molecular complexity index is 581. The van der Waals surface area contributed by atoms with Crippen LogP contribution in [0.2, 0.25) is 0 Å². The second-order valence-corrected chi connectivity index (χ2v) is 8.31. The highest BCUT2D eigenvalue weighted by Crippen LogP contribution is 2.28. The molecule has 0 aromatic carbocycles. The minimum absolute atomic E-state index is 0.147. The molecule has 1 aliphatic carbocycles. The second-order valence-electron chi connectivity index (χ2n) is 5.20. The van der Waals surface area contributed by atoms with E-state index in [2.05, 4.69) is 10.8 Å². The van der Waals surface area contributed by atoms with Crippen molar-refractivity contribution in [1.29, 1.82) is 5.26 Å². The number of hydrogen-bond acceptors (Lipinski definition) is 4. The Hall–Kier alpha value is -0.900. The van der Waals surface area contributed by atoms with Gasteiger partial charge in [-0.2, -0.15) is 9.98 Å². The molecule has 110 valence electrons. The highest BCUT2D eigenvalue weighted by atomic mass is 32.2. The molecule has 0 radical (unpaired) electrons. The zero-order valence-corrected chi connectivity index (χ0v) is 13.3. The van der Waals surface area contributed by atoms with E-state index in [0.29, 0.717) is 4.21 Å².